The van der Waals surface area contributed by atoms with Gasteiger partial charge >= 0.3 is 0 Å². The summed E-state index contributed by atoms with van der Waals surface area (Å²) in [7, 11) is 3.66. The molecular formula is C13H21N3O2. The van der Waals surface area contributed by atoms with Crippen LogP contribution in [0.25, 0.3) is 0 Å². The topological polar surface area (TPSA) is 71.1 Å². The maximum Gasteiger partial charge on any atom is 0.140 e. The normalized spacial score (nSPS) is 11.9. The summed E-state index contributed by atoms with van der Waals surface area (Å²) >= 11 is 0. The minimum Gasteiger partial charge on any atom is -0.496 e. The van der Waals surface area contributed by atoms with Crippen molar-refractivity contribution in [2.24, 2.45) is 10.9 Å². The fraction of sp³-hybridized carbons (Fsp3) is 0.462. The lowest BCUT2D eigenvalue weighted by Gasteiger charge is -2.18. The van der Waals surface area contributed by atoms with Crippen LogP contribution in [0.5, 0.6) is 5.75 Å². The fourth-order valence-corrected chi connectivity index (χ4v) is 1.76. The molecule has 0 unspecified atom stereocenters. The van der Waals surface area contributed by atoms with Gasteiger partial charge in [-0.2, -0.15) is 0 Å². The molecule has 18 heavy (non-hydrogen) atoms. The third kappa shape index (κ3) is 4.25. The number of rotatable bonds is 6. The second-order valence-corrected chi connectivity index (χ2v) is 4.39. The second-order valence-electron chi connectivity index (χ2n) is 4.39. The minimum absolute atomic E-state index is 0.248. The summed E-state index contributed by atoms with van der Waals surface area (Å²) in [6.07, 6.45) is 0.543. The van der Waals surface area contributed by atoms with Gasteiger partial charge in [0.2, 0.25) is 0 Å². The van der Waals surface area contributed by atoms with Crippen molar-refractivity contribution in [3.63, 3.8) is 0 Å². The molecule has 0 atom stereocenters. The Hall–Kier alpha value is -1.75. The summed E-state index contributed by atoms with van der Waals surface area (Å²) in [4.78, 5) is 2.11. The van der Waals surface area contributed by atoms with Crippen molar-refractivity contribution in [1.82, 2.24) is 4.90 Å². The van der Waals surface area contributed by atoms with E-state index in [4.69, 9.17) is 15.7 Å². The monoisotopic (exact) mass is 251 g/mol. The molecule has 5 heteroatoms. The summed E-state index contributed by atoms with van der Waals surface area (Å²) in [5, 5.41) is 11.4. The highest BCUT2D eigenvalue weighted by atomic mass is 16.5. The molecule has 0 spiro atoms. The molecule has 0 aliphatic carbocycles. The first-order valence-corrected chi connectivity index (χ1v) is 5.85. The van der Waals surface area contributed by atoms with E-state index in [1.807, 2.05) is 19.2 Å². The van der Waals surface area contributed by atoms with E-state index < -0.39 is 0 Å². The van der Waals surface area contributed by atoms with Gasteiger partial charge in [0.1, 0.15) is 11.6 Å². The van der Waals surface area contributed by atoms with Crippen LogP contribution in [0.15, 0.2) is 23.4 Å². The highest BCUT2D eigenvalue weighted by Crippen LogP contribution is 2.20. The van der Waals surface area contributed by atoms with E-state index in [-0.39, 0.29) is 5.84 Å². The van der Waals surface area contributed by atoms with Crippen molar-refractivity contribution in [2.75, 3.05) is 20.7 Å². The Labute approximate surface area is 108 Å². The first-order chi connectivity index (χ1) is 8.56. The highest BCUT2D eigenvalue weighted by molar-refractivity contribution is 5.79. The molecule has 3 N–H and O–H groups in total. The van der Waals surface area contributed by atoms with Crippen LogP contribution >= 0.6 is 0 Å². The molecular weight excluding hydrogens is 230 g/mol. The fourth-order valence-electron chi connectivity index (χ4n) is 1.76. The van der Waals surface area contributed by atoms with E-state index in [9.17, 15) is 0 Å². The van der Waals surface area contributed by atoms with Crippen molar-refractivity contribution in [1.29, 1.82) is 0 Å². The number of nitrogens with two attached hydrogens (primary N) is 1. The molecule has 0 aliphatic heterocycles. The van der Waals surface area contributed by atoms with Crippen molar-refractivity contribution < 1.29 is 9.94 Å². The molecule has 0 aliphatic rings. The van der Waals surface area contributed by atoms with Crippen LogP contribution in [-0.2, 0) is 6.54 Å². The predicted molar refractivity (Wildman–Crippen MR) is 72.1 cm³/mol. The number of methoxy groups -OCH3 is 1. The molecule has 0 aromatic heterocycles. The number of hydrogen-bond acceptors (Lipinski definition) is 4. The summed E-state index contributed by atoms with van der Waals surface area (Å²) in [6, 6.07) is 6.11. The van der Waals surface area contributed by atoms with Crippen LogP contribution in [0.2, 0.25) is 0 Å². The van der Waals surface area contributed by atoms with Gasteiger partial charge in [0.15, 0.2) is 0 Å². The van der Waals surface area contributed by atoms with Gasteiger partial charge in [-0.05, 0) is 20.0 Å². The molecule has 0 heterocycles. The minimum atomic E-state index is 0.248. The van der Waals surface area contributed by atoms with Crippen LogP contribution in [0.3, 0.4) is 0 Å². The van der Waals surface area contributed by atoms with Gasteiger partial charge in [0, 0.05) is 25.1 Å². The van der Waals surface area contributed by atoms with E-state index in [0.29, 0.717) is 6.42 Å². The van der Waals surface area contributed by atoms with Gasteiger partial charge in [0.25, 0.3) is 0 Å². The average molecular weight is 251 g/mol. The summed E-state index contributed by atoms with van der Waals surface area (Å²) in [5.41, 5.74) is 7.79. The molecule has 1 aromatic rings. The number of amidine groups is 1. The molecule has 0 saturated heterocycles. The van der Waals surface area contributed by atoms with E-state index in [1.165, 1.54) is 5.56 Å². The van der Waals surface area contributed by atoms with Crippen molar-refractivity contribution >= 4 is 5.84 Å². The number of aryl methyl sites for hydroxylation is 1. The summed E-state index contributed by atoms with van der Waals surface area (Å²) < 4.78 is 5.33. The predicted octanol–water partition coefficient (Wildman–Crippen LogP) is 1.57. The summed E-state index contributed by atoms with van der Waals surface area (Å²) in [6.45, 7) is 3.55. The smallest absolute Gasteiger partial charge is 0.140 e. The molecule has 0 radical (unpaired) electrons. The lowest BCUT2D eigenvalue weighted by Crippen LogP contribution is -2.24. The number of benzene rings is 1. The third-order valence-corrected chi connectivity index (χ3v) is 2.75. The van der Waals surface area contributed by atoms with Crippen molar-refractivity contribution in [2.45, 2.75) is 19.9 Å². The average Bonchev–Trinajstić information content (AvgIpc) is 2.36. The van der Waals surface area contributed by atoms with E-state index >= 15 is 0 Å². The summed E-state index contributed by atoms with van der Waals surface area (Å²) in [5.74, 6) is 1.13. The van der Waals surface area contributed by atoms with Gasteiger partial charge in [-0.3, -0.25) is 0 Å². The van der Waals surface area contributed by atoms with Gasteiger partial charge in [-0.1, -0.05) is 22.9 Å². The molecule has 1 aromatic carbocycles. The van der Waals surface area contributed by atoms with Gasteiger partial charge in [-0.15, -0.1) is 0 Å². The quantitative estimate of drug-likeness (QED) is 0.348. The molecule has 0 saturated carbocycles. The zero-order chi connectivity index (χ0) is 13.5. The molecule has 0 fully saturated rings. The van der Waals surface area contributed by atoms with Gasteiger partial charge < -0.3 is 20.6 Å². The van der Waals surface area contributed by atoms with E-state index in [0.717, 1.165) is 24.4 Å². The Balaban J connectivity index is 2.63. The van der Waals surface area contributed by atoms with E-state index in [1.54, 1.807) is 7.11 Å². The molecule has 5 nitrogen and oxygen atoms in total. The number of nitrogens with zero attached hydrogens (tertiary/aromatic N) is 2. The van der Waals surface area contributed by atoms with Crippen LogP contribution in [0.4, 0.5) is 0 Å². The van der Waals surface area contributed by atoms with Crippen molar-refractivity contribution in [3.05, 3.63) is 29.3 Å². The second kappa shape index (κ2) is 6.86. The van der Waals surface area contributed by atoms with E-state index in [2.05, 4.69) is 23.0 Å². The lowest BCUT2D eigenvalue weighted by atomic mass is 10.1. The standard InChI is InChI=1S/C13H21N3O2/c1-10-4-5-12(18-3)11(8-10)9-16(2)7-6-13(14)15-17/h4-5,8,17H,6-7,9H2,1-3H3,(H2,14,15). The first kappa shape index (κ1) is 14.3. The Bertz CT molecular complexity index is 419. The third-order valence-electron chi connectivity index (χ3n) is 2.75. The van der Waals surface area contributed by atoms with Crippen molar-refractivity contribution in [3.8, 4) is 5.75 Å². The van der Waals surface area contributed by atoms with Gasteiger partial charge in [0.05, 0.1) is 7.11 Å². The van der Waals surface area contributed by atoms with Crippen LogP contribution < -0.4 is 10.5 Å². The maximum absolute atomic E-state index is 8.48. The number of hydrogen-bond donors (Lipinski definition) is 2. The Morgan fingerprint density at radius 2 is 2.22 bits per heavy atom. The molecule has 0 bridgehead atoms. The Morgan fingerprint density at radius 3 is 2.83 bits per heavy atom. The molecule has 0 amide bonds. The number of oxime groups is 1. The molecule has 100 valence electrons. The highest BCUT2D eigenvalue weighted by Gasteiger charge is 2.07. The molecule has 1 rings (SSSR count). The van der Waals surface area contributed by atoms with Crippen LogP contribution in [0, 0.1) is 6.92 Å². The first-order valence-electron chi connectivity index (χ1n) is 5.85. The Kier molecular flexibility index (Phi) is 5.45. The largest absolute Gasteiger partial charge is 0.496 e. The zero-order valence-corrected chi connectivity index (χ0v) is 11.2. The maximum atomic E-state index is 8.48. The van der Waals surface area contributed by atoms with Crippen LogP contribution in [-0.4, -0.2) is 36.6 Å². The lowest BCUT2D eigenvalue weighted by molar-refractivity contribution is 0.307. The van der Waals surface area contributed by atoms with Crippen LogP contribution in [0.1, 0.15) is 17.5 Å². The van der Waals surface area contributed by atoms with Gasteiger partial charge in [-0.25, -0.2) is 0 Å². The zero-order valence-electron chi connectivity index (χ0n) is 11.2. The Morgan fingerprint density at radius 1 is 1.50 bits per heavy atom. The SMILES string of the molecule is COc1ccc(C)cc1CN(C)CC/C(N)=N/O. The number of ether oxygens (including phenoxy) is 1.